The third kappa shape index (κ3) is 4.80. The molecule has 2 heterocycles. The Kier molecular flexibility index (Phi) is 6.89. The largest absolute Gasteiger partial charge is 0.310 e. The van der Waals surface area contributed by atoms with Gasteiger partial charge >= 0.3 is 0 Å². The zero-order valence-electron chi connectivity index (χ0n) is 28.6. The van der Waals surface area contributed by atoms with Crippen LogP contribution < -0.4 is 15.3 Å². The summed E-state index contributed by atoms with van der Waals surface area (Å²) in [5, 5.41) is 8.39. The molecule has 1 nitrogen and oxygen atoms in total. The Morgan fingerprint density at radius 1 is 0.431 bits per heavy atom. The number of hydrogen-bond acceptors (Lipinski definition) is 2. The van der Waals surface area contributed by atoms with Crippen molar-refractivity contribution >= 4 is 77.8 Å². The van der Waals surface area contributed by atoms with E-state index in [9.17, 15) is 0 Å². The van der Waals surface area contributed by atoms with Gasteiger partial charge in [0, 0.05) is 37.2 Å². The van der Waals surface area contributed by atoms with Crippen molar-refractivity contribution in [1.82, 2.24) is 0 Å². The van der Waals surface area contributed by atoms with Gasteiger partial charge in [-0.1, -0.05) is 140 Å². The number of benzene rings is 8. The quantitative estimate of drug-likeness (QED) is 0.163. The normalized spacial score (nSPS) is 13.1. The van der Waals surface area contributed by atoms with E-state index in [1.807, 2.05) is 11.3 Å². The highest BCUT2D eigenvalue weighted by molar-refractivity contribution is 7.26. The van der Waals surface area contributed by atoms with Crippen LogP contribution in [0.5, 0.6) is 0 Å². The molecule has 0 N–H and O–H groups in total. The van der Waals surface area contributed by atoms with Crippen molar-refractivity contribution in [2.75, 3.05) is 4.90 Å². The molecule has 0 fully saturated rings. The van der Waals surface area contributed by atoms with Crippen molar-refractivity contribution in [2.45, 2.75) is 13.1 Å². The summed E-state index contributed by atoms with van der Waals surface area (Å²) in [4.78, 5) is 2.44. The van der Waals surface area contributed by atoms with Crippen LogP contribution in [0, 0.1) is 0 Å². The van der Waals surface area contributed by atoms with Gasteiger partial charge in [-0.05, 0) is 103 Å². The van der Waals surface area contributed by atoms with E-state index in [0.717, 1.165) is 11.4 Å². The monoisotopic (exact) mass is 685 g/mol. The second-order valence-corrected chi connectivity index (χ2v) is 19.6. The zero-order valence-corrected chi connectivity index (χ0v) is 30.4. The van der Waals surface area contributed by atoms with Gasteiger partial charge in [-0.15, -0.1) is 11.3 Å². The van der Waals surface area contributed by atoms with E-state index < -0.39 is 8.07 Å². The summed E-state index contributed by atoms with van der Waals surface area (Å²) in [7, 11) is -1.91. The van der Waals surface area contributed by atoms with E-state index in [1.54, 1.807) is 5.19 Å². The van der Waals surface area contributed by atoms with Crippen molar-refractivity contribution < 1.29 is 0 Å². The molecule has 0 saturated heterocycles. The molecule has 0 saturated carbocycles. The summed E-state index contributed by atoms with van der Waals surface area (Å²) < 4.78 is 2.73. The maximum absolute atomic E-state index is 2.52. The summed E-state index contributed by atoms with van der Waals surface area (Å²) in [6.45, 7) is 5.04. The van der Waals surface area contributed by atoms with E-state index in [1.165, 1.54) is 75.2 Å². The van der Waals surface area contributed by atoms with Crippen LogP contribution in [-0.4, -0.2) is 8.07 Å². The summed E-state index contributed by atoms with van der Waals surface area (Å²) in [5.41, 5.74) is 11.2. The minimum Gasteiger partial charge on any atom is -0.310 e. The molecule has 0 unspecified atom stereocenters. The fourth-order valence-corrected chi connectivity index (χ4v) is 12.5. The smallest absolute Gasteiger partial charge is 0.113 e. The Balaban J connectivity index is 1.17. The Bertz CT molecular complexity index is 2770. The minimum absolute atomic E-state index is 1.14. The van der Waals surface area contributed by atoms with Gasteiger partial charge in [0.15, 0.2) is 0 Å². The number of hydrogen-bond donors (Lipinski definition) is 0. The molecule has 242 valence electrons. The van der Waals surface area contributed by atoms with Crippen LogP contribution in [0.15, 0.2) is 176 Å². The lowest BCUT2D eigenvalue weighted by molar-refractivity contribution is 1.29. The molecule has 8 aromatic carbocycles. The highest BCUT2D eigenvalue weighted by Crippen LogP contribution is 2.45. The third-order valence-electron chi connectivity index (χ3n) is 10.9. The molecule has 0 amide bonds. The number of rotatable bonds is 5. The van der Waals surface area contributed by atoms with Crippen LogP contribution >= 0.6 is 11.3 Å². The van der Waals surface area contributed by atoms with Crippen LogP contribution in [0.2, 0.25) is 13.1 Å². The average Bonchev–Trinajstić information content (AvgIpc) is 3.67. The van der Waals surface area contributed by atoms with Crippen molar-refractivity contribution in [3.63, 3.8) is 0 Å². The van der Waals surface area contributed by atoms with Gasteiger partial charge in [-0.25, -0.2) is 0 Å². The molecule has 9 aromatic rings. The SMILES string of the molecule is C[Si]1(C)c2ccc(N(c3ccc(-c4cccc5ccccc45)cc3)c3cccc(-c4ccccc4)c3)cc2-c2c1ccc1sc3ccccc3c21. The predicted octanol–water partition coefficient (Wildman–Crippen LogP) is 12.8. The number of fused-ring (bicyclic) bond motifs is 8. The molecular weight excluding hydrogens is 651 g/mol. The van der Waals surface area contributed by atoms with Gasteiger partial charge in [-0.2, -0.15) is 0 Å². The second kappa shape index (κ2) is 11.7. The lowest BCUT2D eigenvalue weighted by Gasteiger charge is -2.27. The van der Waals surface area contributed by atoms with Gasteiger partial charge in [0.05, 0.1) is 0 Å². The van der Waals surface area contributed by atoms with E-state index in [0.29, 0.717) is 0 Å². The maximum Gasteiger partial charge on any atom is 0.113 e. The second-order valence-electron chi connectivity index (χ2n) is 14.1. The van der Waals surface area contributed by atoms with Crippen LogP contribution in [-0.2, 0) is 0 Å². The molecule has 1 aliphatic rings. The summed E-state index contributed by atoms with van der Waals surface area (Å²) in [6, 6.07) is 65.1. The maximum atomic E-state index is 2.52. The molecule has 51 heavy (non-hydrogen) atoms. The highest BCUT2D eigenvalue weighted by Gasteiger charge is 2.39. The molecule has 3 heteroatoms. The van der Waals surface area contributed by atoms with Gasteiger partial charge in [-0.3, -0.25) is 0 Å². The Morgan fingerprint density at radius 3 is 1.96 bits per heavy atom. The first-order valence-corrected chi connectivity index (χ1v) is 21.5. The zero-order chi connectivity index (χ0) is 34.1. The summed E-state index contributed by atoms with van der Waals surface area (Å²) in [6.07, 6.45) is 0. The van der Waals surface area contributed by atoms with Gasteiger partial charge in [0.2, 0.25) is 0 Å². The lowest BCUT2D eigenvalue weighted by atomic mass is 9.97. The van der Waals surface area contributed by atoms with E-state index >= 15 is 0 Å². The van der Waals surface area contributed by atoms with Crippen LogP contribution in [0.25, 0.3) is 64.3 Å². The van der Waals surface area contributed by atoms with Crippen molar-refractivity contribution in [2.24, 2.45) is 0 Å². The first-order valence-electron chi connectivity index (χ1n) is 17.7. The van der Waals surface area contributed by atoms with Gasteiger partial charge < -0.3 is 4.90 Å². The number of thiophene rings is 1. The van der Waals surface area contributed by atoms with Gasteiger partial charge in [0.25, 0.3) is 0 Å². The van der Waals surface area contributed by atoms with Crippen LogP contribution in [0.3, 0.4) is 0 Å². The molecule has 0 bridgehead atoms. The van der Waals surface area contributed by atoms with Crippen molar-refractivity contribution in [1.29, 1.82) is 0 Å². The predicted molar refractivity (Wildman–Crippen MR) is 225 cm³/mol. The van der Waals surface area contributed by atoms with E-state index in [-0.39, 0.29) is 0 Å². The molecule has 0 spiro atoms. The van der Waals surface area contributed by atoms with Gasteiger partial charge in [0.1, 0.15) is 8.07 Å². The Hall–Kier alpha value is -5.74. The van der Waals surface area contributed by atoms with Crippen molar-refractivity contribution in [3.8, 4) is 33.4 Å². The van der Waals surface area contributed by atoms with Crippen LogP contribution in [0.1, 0.15) is 0 Å². The third-order valence-corrected chi connectivity index (χ3v) is 15.5. The lowest BCUT2D eigenvalue weighted by Crippen LogP contribution is -2.49. The average molecular weight is 686 g/mol. The summed E-state index contributed by atoms with van der Waals surface area (Å²) in [5.74, 6) is 0. The number of anilines is 3. The fourth-order valence-electron chi connectivity index (χ4n) is 8.36. The molecule has 0 atom stereocenters. The standard InChI is InChI=1S/C48H35NSSi/c1-51(2)45-28-26-38(31-42(45)48-46(51)29-27-44-47(48)41-19-8-9-21-43(41)50-44)49(37-17-10-16-35(30-37)32-12-4-3-5-13-32)36-24-22-34(23-25-36)40-20-11-15-33-14-6-7-18-39(33)40/h3-31H,1-2H3. The first kappa shape index (κ1) is 30.1. The molecule has 1 aliphatic heterocycles. The molecule has 1 aromatic heterocycles. The molecule has 0 radical (unpaired) electrons. The fraction of sp³-hybridized carbons (Fsp3) is 0.0417. The minimum atomic E-state index is -1.91. The topological polar surface area (TPSA) is 3.24 Å². The Morgan fingerprint density at radius 2 is 1.10 bits per heavy atom. The van der Waals surface area contributed by atoms with Crippen molar-refractivity contribution in [3.05, 3.63) is 176 Å². The molecule has 10 rings (SSSR count). The summed E-state index contributed by atoms with van der Waals surface area (Å²) >= 11 is 1.91. The number of nitrogens with zero attached hydrogens (tertiary/aromatic N) is 1. The van der Waals surface area contributed by atoms with E-state index in [2.05, 4.69) is 194 Å². The molecule has 0 aliphatic carbocycles. The van der Waals surface area contributed by atoms with Crippen LogP contribution in [0.4, 0.5) is 17.1 Å². The van der Waals surface area contributed by atoms with E-state index in [4.69, 9.17) is 0 Å². The first-order chi connectivity index (χ1) is 25.0. The molecular formula is C48H35NSSi. The highest BCUT2D eigenvalue weighted by atomic mass is 32.1. The Labute approximate surface area is 303 Å².